The van der Waals surface area contributed by atoms with Crippen LogP contribution in [0, 0.1) is 17.8 Å². The molecular weight excluding hydrogens is 292 g/mol. The van der Waals surface area contributed by atoms with E-state index in [9.17, 15) is 4.79 Å². The summed E-state index contributed by atoms with van der Waals surface area (Å²) >= 11 is 11.0. The monoisotopic (exact) mass is 308 g/mol. The van der Waals surface area contributed by atoms with Gasteiger partial charge in [0.05, 0.1) is 5.69 Å². The molecule has 3 unspecified atom stereocenters. The van der Waals surface area contributed by atoms with Gasteiger partial charge in [-0.3, -0.25) is 4.79 Å². The molecular formula is C15H17ClN2OS. The van der Waals surface area contributed by atoms with E-state index >= 15 is 0 Å². The fraction of sp³-hybridized carbons (Fsp3) is 0.467. The molecule has 0 spiro atoms. The summed E-state index contributed by atoms with van der Waals surface area (Å²) in [6.07, 6.45) is 4.68. The number of fused-ring (bicyclic) bond motifs is 2. The van der Waals surface area contributed by atoms with Crippen molar-refractivity contribution >= 4 is 40.4 Å². The average Bonchev–Trinajstić information content (AvgIpc) is 3.00. The van der Waals surface area contributed by atoms with Crippen LogP contribution in [-0.2, 0) is 4.79 Å². The molecule has 1 aromatic carbocycles. The molecule has 3 nitrogen and oxygen atoms in total. The lowest BCUT2D eigenvalue weighted by atomic mass is 9.88. The molecule has 0 heterocycles. The van der Waals surface area contributed by atoms with E-state index in [-0.39, 0.29) is 16.8 Å². The zero-order chi connectivity index (χ0) is 14.3. The molecule has 0 aromatic heterocycles. The highest BCUT2D eigenvalue weighted by Gasteiger charge is 2.43. The maximum Gasteiger partial charge on any atom is 0.227 e. The average molecular weight is 309 g/mol. The molecule has 106 valence electrons. The summed E-state index contributed by atoms with van der Waals surface area (Å²) in [5.41, 5.74) is 6.98. The van der Waals surface area contributed by atoms with Crippen molar-refractivity contribution in [3.8, 4) is 0 Å². The van der Waals surface area contributed by atoms with Crippen molar-refractivity contribution in [3.63, 3.8) is 0 Å². The number of hydrogen-bond acceptors (Lipinski definition) is 2. The Bertz CT molecular complexity index is 575. The van der Waals surface area contributed by atoms with Gasteiger partial charge in [-0.05, 0) is 49.3 Å². The number of amides is 1. The number of thiocarbonyl (C=S) groups is 1. The summed E-state index contributed by atoms with van der Waals surface area (Å²) in [5.74, 6) is 1.50. The smallest absolute Gasteiger partial charge is 0.227 e. The highest BCUT2D eigenvalue weighted by atomic mass is 35.5. The minimum absolute atomic E-state index is 0.0805. The SMILES string of the molecule is NC(=S)c1ccc(Cl)cc1NC(=O)C1CC2CCC1C2. The van der Waals surface area contributed by atoms with E-state index < -0.39 is 0 Å². The maximum atomic E-state index is 12.5. The molecule has 0 radical (unpaired) electrons. The van der Waals surface area contributed by atoms with Crippen LogP contribution in [0.15, 0.2) is 18.2 Å². The van der Waals surface area contributed by atoms with Crippen molar-refractivity contribution in [1.82, 2.24) is 0 Å². The number of benzene rings is 1. The van der Waals surface area contributed by atoms with E-state index in [1.807, 2.05) is 0 Å². The molecule has 0 aliphatic heterocycles. The zero-order valence-corrected chi connectivity index (χ0v) is 12.6. The minimum Gasteiger partial charge on any atom is -0.389 e. The zero-order valence-electron chi connectivity index (χ0n) is 11.1. The predicted molar refractivity (Wildman–Crippen MR) is 84.9 cm³/mol. The first-order valence-corrected chi connectivity index (χ1v) is 7.73. The van der Waals surface area contributed by atoms with Gasteiger partial charge in [-0.2, -0.15) is 0 Å². The Morgan fingerprint density at radius 2 is 2.15 bits per heavy atom. The van der Waals surface area contributed by atoms with Gasteiger partial charge in [-0.1, -0.05) is 30.2 Å². The third-order valence-corrected chi connectivity index (χ3v) is 5.03. The standard InChI is InChI=1S/C15H17ClN2OS/c16-10-3-4-11(14(17)20)13(7-10)18-15(19)12-6-8-1-2-9(12)5-8/h3-4,7-9,12H,1-2,5-6H2,(H2,17,20)(H,18,19). The lowest BCUT2D eigenvalue weighted by Gasteiger charge is -2.21. The Labute approximate surface area is 128 Å². The number of nitrogens with one attached hydrogen (secondary N) is 1. The van der Waals surface area contributed by atoms with Crippen LogP contribution < -0.4 is 11.1 Å². The van der Waals surface area contributed by atoms with Crippen molar-refractivity contribution in [3.05, 3.63) is 28.8 Å². The van der Waals surface area contributed by atoms with Gasteiger partial charge in [0.15, 0.2) is 0 Å². The van der Waals surface area contributed by atoms with Crippen LogP contribution in [0.25, 0.3) is 0 Å². The fourth-order valence-electron chi connectivity index (χ4n) is 3.63. The molecule has 2 saturated carbocycles. The normalized spacial score (nSPS) is 27.6. The first kappa shape index (κ1) is 13.8. The number of halogens is 1. The van der Waals surface area contributed by atoms with Gasteiger partial charge < -0.3 is 11.1 Å². The van der Waals surface area contributed by atoms with Crippen LogP contribution in [0.4, 0.5) is 5.69 Å². The van der Waals surface area contributed by atoms with E-state index in [1.165, 1.54) is 19.3 Å². The summed E-state index contributed by atoms with van der Waals surface area (Å²) in [6, 6.07) is 5.19. The number of carbonyl (C=O) groups is 1. The third kappa shape index (κ3) is 2.54. The molecule has 1 amide bonds. The molecule has 2 aliphatic rings. The number of hydrogen-bond donors (Lipinski definition) is 2. The van der Waals surface area contributed by atoms with Gasteiger partial charge >= 0.3 is 0 Å². The summed E-state index contributed by atoms with van der Waals surface area (Å²) in [7, 11) is 0. The van der Waals surface area contributed by atoms with E-state index in [2.05, 4.69) is 5.32 Å². The topological polar surface area (TPSA) is 55.1 Å². The van der Waals surface area contributed by atoms with E-state index in [0.29, 0.717) is 22.2 Å². The van der Waals surface area contributed by atoms with Gasteiger partial charge in [0.25, 0.3) is 0 Å². The van der Waals surface area contributed by atoms with Gasteiger partial charge in [0.2, 0.25) is 5.91 Å². The first-order valence-electron chi connectivity index (χ1n) is 6.95. The van der Waals surface area contributed by atoms with Gasteiger partial charge in [0, 0.05) is 16.5 Å². The van der Waals surface area contributed by atoms with Gasteiger partial charge in [-0.25, -0.2) is 0 Å². The van der Waals surface area contributed by atoms with E-state index in [1.54, 1.807) is 18.2 Å². The highest BCUT2D eigenvalue weighted by molar-refractivity contribution is 7.80. The highest BCUT2D eigenvalue weighted by Crippen LogP contribution is 2.48. The first-order chi connectivity index (χ1) is 9.54. The van der Waals surface area contributed by atoms with Crippen LogP contribution >= 0.6 is 23.8 Å². The molecule has 2 bridgehead atoms. The minimum atomic E-state index is 0.0805. The van der Waals surface area contributed by atoms with Crippen molar-refractivity contribution in [1.29, 1.82) is 0 Å². The van der Waals surface area contributed by atoms with E-state index in [0.717, 1.165) is 12.3 Å². The van der Waals surface area contributed by atoms with E-state index in [4.69, 9.17) is 29.6 Å². The number of anilines is 1. The summed E-state index contributed by atoms with van der Waals surface area (Å²) in [6.45, 7) is 0. The number of rotatable bonds is 3. The molecule has 3 N–H and O–H groups in total. The Morgan fingerprint density at radius 1 is 1.35 bits per heavy atom. The molecule has 20 heavy (non-hydrogen) atoms. The van der Waals surface area contributed by atoms with Crippen LogP contribution in [0.1, 0.15) is 31.2 Å². The van der Waals surface area contributed by atoms with Crippen molar-refractivity contribution in [2.24, 2.45) is 23.5 Å². The predicted octanol–water partition coefficient (Wildman–Crippen LogP) is 3.35. The molecule has 1 aromatic rings. The quantitative estimate of drug-likeness (QED) is 0.842. The van der Waals surface area contributed by atoms with Gasteiger partial charge in [0.1, 0.15) is 4.99 Å². The molecule has 0 saturated heterocycles. The lowest BCUT2D eigenvalue weighted by Crippen LogP contribution is -2.28. The van der Waals surface area contributed by atoms with Crippen molar-refractivity contribution in [2.75, 3.05) is 5.32 Å². The Hall–Kier alpha value is -1.13. The second kappa shape index (κ2) is 5.34. The molecule has 2 aliphatic carbocycles. The second-order valence-electron chi connectivity index (χ2n) is 5.82. The molecule has 5 heteroatoms. The summed E-state index contributed by atoms with van der Waals surface area (Å²) in [5, 5.41) is 3.53. The van der Waals surface area contributed by atoms with Gasteiger partial charge in [-0.15, -0.1) is 0 Å². The van der Waals surface area contributed by atoms with Crippen LogP contribution in [0.5, 0.6) is 0 Å². The Morgan fingerprint density at radius 3 is 2.75 bits per heavy atom. The Balaban J connectivity index is 1.79. The lowest BCUT2D eigenvalue weighted by molar-refractivity contribution is -0.121. The summed E-state index contributed by atoms with van der Waals surface area (Å²) < 4.78 is 0. The summed E-state index contributed by atoms with van der Waals surface area (Å²) in [4.78, 5) is 12.7. The van der Waals surface area contributed by atoms with Crippen LogP contribution in [0.3, 0.4) is 0 Å². The van der Waals surface area contributed by atoms with Crippen molar-refractivity contribution in [2.45, 2.75) is 25.7 Å². The second-order valence-corrected chi connectivity index (χ2v) is 6.70. The number of carbonyl (C=O) groups excluding carboxylic acids is 1. The van der Waals surface area contributed by atoms with Crippen LogP contribution in [-0.4, -0.2) is 10.9 Å². The molecule has 3 rings (SSSR count). The maximum absolute atomic E-state index is 12.5. The van der Waals surface area contributed by atoms with Crippen molar-refractivity contribution < 1.29 is 4.79 Å². The molecule has 3 atom stereocenters. The third-order valence-electron chi connectivity index (χ3n) is 4.58. The molecule has 2 fully saturated rings. The fourth-order valence-corrected chi connectivity index (χ4v) is 3.98. The van der Waals surface area contributed by atoms with Crippen LogP contribution in [0.2, 0.25) is 5.02 Å². The largest absolute Gasteiger partial charge is 0.389 e. The number of nitrogens with two attached hydrogens (primary N) is 1. The Kier molecular flexibility index (Phi) is 3.69.